The molecule has 1 N–H and O–H groups in total. The van der Waals surface area contributed by atoms with Crippen LogP contribution in [0.5, 0.6) is 11.5 Å². The Morgan fingerprint density at radius 3 is 2.50 bits per heavy atom. The van der Waals surface area contributed by atoms with E-state index in [1.807, 2.05) is 18.2 Å². The molecule has 1 heterocycles. The maximum Gasteiger partial charge on any atom is 0.340 e. The molecule has 0 unspecified atom stereocenters. The summed E-state index contributed by atoms with van der Waals surface area (Å²) in [5.41, 5.74) is 2.14. The lowest BCUT2D eigenvalue weighted by Crippen LogP contribution is -2.17. The molecule has 0 saturated carbocycles. The SMILES string of the molecule is CCOC(=O)c1ccccc1NC(=O)CSc1ccc(-c2ccc(OC)cc2OC)nn1. The molecule has 32 heavy (non-hydrogen) atoms. The second-order valence-corrected chi connectivity index (χ2v) is 7.42. The van der Waals surface area contributed by atoms with Crippen LogP contribution in [0.1, 0.15) is 17.3 Å². The number of methoxy groups -OCH3 is 2. The van der Waals surface area contributed by atoms with Gasteiger partial charge >= 0.3 is 5.97 Å². The number of nitrogens with zero attached hydrogens (tertiary/aromatic N) is 2. The van der Waals surface area contributed by atoms with E-state index in [0.29, 0.717) is 33.5 Å². The highest BCUT2D eigenvalue weighted by atomic mass is 32.2. The third-order valence-corrected chi connectivity index (χ3v) is 5.29. The number of ether oxygens (including phenoxy) is 3. The van der Waals surface area contributed by atoms with Crippen LogP contribution >= 0.6 is 11.8 Å². The lowest BCUT2D eigenvalue weighted by molar-refractivity contribution is -0.113. The molecule has 0 aliphatic carbocycles. The van der Waals surface area contributed by atoms with Crippen LogP contribution in [0.15, 0.2) is 59.6 Å². The number of hydrogen-bond acceptors (Lipinski definition) is 8. The van der Waals surface area contributed by atoms with Crippen molar-refractivity contribution in [2.24, 2.45) is 0 Å². The Labute approximate surface area is 190 Å². The minimum Gasteiger partial charge on any atom is -0.497 e. The fourth-order valence-corrected chi connectivity index (χ4v) is 3.47. The number of carbonyl (C=O) groups is 2. The number of benzene rings is 2. The summed E-state index contributed by atoms with van der Waals surface area (Å²) in [5.74, 6) is 0.665. The number of para-hydroxylation sites is 1. The second kappa shape index (κ2) is 11.1. The van der Waals surface area contributed by atoms with E-state index in [0.717, 1.165) is 5.56 Å². The zero-order valence-corrected chi connectivity index (χ0v) is 18.8. The minimum atomic E-state index is -0.480. The molecule has 0 bridgehead atoms. The third kappa shape index (κ3) is 5.76. The van der Waals surface area contributed by atoms with Gasteiger partial charge in [0.25, 0.3) is 0 Å². The Kier molecular flexibility index (Phi) is 8.04. The van der Waals surface area contributed by atoms with Crippen molar-refractivity contribution in [1.82, 2.24) is 10.2 Å². The molecule has 0 fully saturated rings. The van der Waals surface area contributed by atoms with E-state index in [2.05, 4.69) is 15.5 Å². The highest BCUT2D eigenvalue weighted by Gasteiger charge is 2.15. The van der Waals surface area contributed by atoms with Gasteiger partial charge in [0.1, 0.15) is 16.5 Å². The first kappa shape index (κ1) is 23.1. The molecule has 2 aromatic carbocycles. The fraction of sp³-hybridized carbons (Fsp3) is 0.217. The summed E-state index contributed by atoms with van der Waals surface area (Å²) in [4.78, 5) is 24.4. The first-order valence-electron chi connectivity index (χ1n) is 9.80. The van der Waals surface area contributed by atoms with Crippen LogP contribution in [0.2, 0.25) is 0 Å². The summed E-state index contributed by atoms with van der Waals surface area (Å²) < 4.78 is 15.7. The highest BCUT2D eigenvalue weighted by molar-refractivity contribution is 7.99. The molecule has 0 saturated heterocycles. The molecular weight excluding hydrogens is 430 g/mol. The van der Waals surface area contributed by atoms with Crippen LogP contribution in [0.25, 0.3) is 11.3 Å². The number of hydrogen-bond donors (Lipinski definition) is 1. The number of aromatic nitrogens is 2. The van der Waals surface area contributed by atoms with Crippen LogP contribution in [0.3, 0.4) is 0 Å². The molecule has 8 nitrogen and oxygen atoms in total. The molecule has 166 valence electrons. The summed E-state index contributed by atoms with van der Waals surface area (Å²) in [5, 5.41) is 11.8. The number of anilines is 1. The first-order chi connectivity index (χ1) is 15.5. The van der Waals surface area contributed by atoms with E-state index < -0.39 is 5.97 Å². The van der Waals surface area contributed by atoms with E-state index >= 15 is 0 Å². The van der Waals surface area contributed by atoms with Gasteiger partial charge in [0.15, 0.2) is 0 Å². The topological polar surface area (TPSA) is 99.6 Å². The molecule has 0 spiro atoms. The van der Waals surface area contributed by atoms with E-state index in [1.165, 1.54) is 11.8 Å². The number of carbonyl (C=O) groups excluding carboxylic acids is 2. The van der Waals surface area contributed by atoms with E-state index in [1.54, 1.807) is 57.5 Å². The molecule has 3 aromatic rings. The number of nitrogens with one attached hydrogen (secondary N) is 1. The molecule has 0 aliphatic heterocycles. The van der Waals surface area contributed by atoms with Crippen molar-refractivity contribution in [3.63, 3.8) is 0 Å². The van der Waals surface area contributed by atoms with Crippen LogP contribution in [-0.4, -0.2) is 48.7 Å². The zero-order chi connectivity index (χ0) is 22.9. The molecular formula is C23H23N3O5S. The van der Waals surface area contributed by atoms with Crippen LogP contribution < -0.4 is 14.8 Å². The van der Waals surface area contributed by atoms with Crippen LogP contribution in [-0.2, 0) is 9.53 Å². The molecule has 3 rings (SSSR count). The quantitative estimate of drug-likeness (QED) is 0.382. The first-order valence-corrected chi connectivity index (χ1v) is 10.8. The van der Waals surface area contributed by atoms with Crippen LogP contribution in [0, 0.1) is 0 Å². The number of esters is 1. The van der Waals surface area contributed by atoms with Crippen molar-refractivity contribution in [1.29, 1.82) is 0 Å². The van der Waals surface area contributed by atoms with Crippen LogP contribution in [0.4, 0.5) is 5.69 Å². The van der Waals surface area contributed by atoms with E-state index in [9.17, 15) is 9.59 Å². The lowest BCUT2D eigenvalue weighted by Gasteiger charge is -2.10. The number of amides is 1. The average molecular weight is 454 g/mol. The normalized spacial score (nSPS) is 10.3. The fourth-order valence-electron chi connectivity index (χ4n) is 2.86. The summed E-state index contributed by atoms with van der Waals surface area (Å²) >= 11 is 1.24. The molecule has 1 aromatic heterocycles. The Morgan fingerprint density at radius 1 is 1.00 bits per heavy atom. The maximum atomic E-state index is 12.4. The number of rotatable bonds is 9. The molecule has 0 atom stereocenters. The summed E-state index contributed by atoms with van der Waals surface area (Å²) in [6, 6.07) is 15.8. The number of thioether (sulfide) groups is 1. The Balaban J connectivity index is 1.63. The predicted octanol–water partition coefficient (Wildman–Crippen LogP) is 4.07. The smallest absolute Gasteiger partial charge is 0.340 e. The Bertz CT molecular complexity index is 1090. The third-order valence-electron chi connectivity index (χ3n) is 4.37. The lowest BCUT2D eigenvalue weighted by atomic mass is 10.1. The van der Waals surface area contributed by atoms with Gasteiger partial charge in [-0.3, -0.25) is 4.79 Å². The average Bonchev–Trinajstić information content (AvgIpc) is 2.83. The van der Waals surface area contributed by atoms with Crippen molar-refractivity contribution in [2.75, 3.05) is 31.9 Å². The second-order valence-electron chi connectivity index (χ2n) is 6.43. The van der Waals surface area contributed by atoms with Crippen molar-refractivity contribution < 1.29 is 23.8 Å². The molecule has 9 heteroatoms. The van der Waals surface area contributed by atoms with Crippen molar-refractivity contribution in [2.45, 2.75) is 11.9 Å². The van der Waals surface area contributed by atoms with Gasteiger partial charge in [-0.15, -0.1) is 10.2 Å². The molecule has 1 amide bonds. The monoisotopic (exact) mass is 453 g/mol. The minimum absolute atomic E-state index is 0.108. The van der Waals surface area contributed by atoms with Gasteiger partial charge < -0.3 is 19.5 Å². The summed E-state index contributed by atoms with van der Waals surface area (Å²) in [6.45, 7) is 1.99. The van der Waals surface area contributed by atoms with Gasteiger partial charge in [-0.2, -0.15) is 0 Å². The largest absolute Gasteiger partial charge is 0.497 e. The zero-order valence-electron chi connectivity index (χ0n) is 18.0. The standard InChI is InChI=1S/C23H23N3O5S/c1-4-31-23(28)17-7-5-6-8-18(17)24-21(27)14-32-22-12-11-19(25-26-22)16-10-9-15(29-2)13-20(16)30-3/h5-13H,4,14H2,1-3H3,(H,24,27). The molecule has 0 aliphatic rings. The Morgan fingerprint density at radius 2 is 1.81 bits per heavy atom. The van der Waals surface area contributed by atoms with Gasteiger partial charge in [0, 0.05) is 11.6 Å². The predicted molar refractivity (Wildman–Crippen MR) is 122 cm³/mol. The summed E-state index contributed by atoms with van der Waals surface area (Å²) in [6.07, 6.45) is 0. The van der Waals surface area contributed by atoms with E-state index in [4.69, 9.17) is 14.2 Å². The van der Waals surface area contributed by atoms with Gasteiger partial charge in [-0.1, -0.05) is 23.9 Å². The molecule has 0 radical (unpaired) electrons. The van der Waals surface area contributed by atoms with Crippen molar-refractivity contribution in [3.8, 4) is 22.8 Å². The van der Waals surface area contributed by atoms with E-state index in [-0.39, 0.29) is 18.3 Å². The highest BCUT2D eigenvalue weighted by Crippen LogP contribution is 2.32. The van der Waals surface area contributed by atoms with Crippen molar-refractivity contribution in [3.05, 3.63) is 60.2 Å². The Hall–Kier alpha value is -3.59. The van der Waals surface area contributed by atoms with Gasteiger partial charge in [-0.25, -0.2) is 4.79 Å². The van der Waals surface area contributed by atoms with Crippen molar-refractivity contribution >= 4 is 29.3 Å². The van der Waals surface area contributed by atoms with Gasteiger partial charge in [0.2, 0.25) is 5.91 Å². The summed E-state index contributed by atoms with van der Waals surface area (Å²) in [7, 11) is 3.17. The maximum absolute atomic E-state index is 12.4. The van der Waals surface area contributed by atoms with Gasteiger partial charge in [0.05, 0.1) is 43.5 Å². The van der Waals surface area contributed by atoms with Gasteiger partial charge in [-0.05, 0) is 43.3 Å².